The summed E-state index contributed by atoms with van der Waals surface area (Å²) < 4.78 is 12.4. The minimum Gasteiger partial charge on any atom is -0.494 e. The van der Waals surface area contributed by atoms with Gasteiger partial charge in [0.25, 0.3) is 0 Å². The van der Waals surface area contributed by atoms with Gasteiger partial charge in [-0.1, -0.05) is 11.6 Å². The number of amides is 2. The predicted octanol–water partition coefficient (Wildman–Crippen LogP) is 3.08. The van der Waals surface area contributed by atoms with Crippen LogP contribution in [0.1, 0.15) is 12.0 Å². The van der Waals surface area contributed by atoms with Crippen LogP contribution in [-0.2, 0) is 16.0 Å². The SMILES string of the molecule is COc1cc2c(cc1-n1nc(NC(=O)OCCN(C)C)c3cnc(Cl)cc31)CCC(=O)N2. The number of benzene rings is 1. The lowest BCUT2D eigenvalue weighted by Gasteiger charge is -2.20. The van der Waals surface area contributed by atoms with E-state index in [1.807, 2.05) is 25.1 Å². The molecule has 0 fully saturated rings. The molecular weight excluding hydrogens is 436 g/mol. The summed E-state index contributed by atoms with van der Waals surface area (Å²) in [6.45, 7) is 0.842. The van der Waals surface area contributed by atoms with Crippen molar-refractivity contribution in [2.45, 2.75) is 12.8 Å². The highest BCUT2D eigenvalue weighted by molar-refractivity contribution is 6.30. The Labute approximate surface area is 189 Å². The van der Waals surface area contributed by atoms with E-state index in [2.05, 4.69) is 20.7 Å². The number of fused-ring (bicyclic) bond motifs is 2. The van der Waals surface area contributed by atoms with Crippen molar-refractivity contribution in [3.05, 3.63) is 35.1 Å². The number of hydrogen-bond donors (Lipinski definition) is 2. The number of aryl methyl sites for hydroxylation is 1. The molecule has 2 amide bonds. The molecule has 2 N–H and O–H groups in total. The van der Waals surface area contributed by atoms with E-state index in [0.29, 0.717) is 47.4 Å². The van der Waals surface area contributed by atoms with Gasteiger partial charge in [-0.25, -0.2) is 14.5 Å². The average molecular weight is 459 g/mol. The molecule has 32 heavy (non-hydrogen) atoms. The predicted molar refractivity (Wildman–Crippen MR) is 121 cm³/mol. The summed E-state index contributed by atoms with van der Waals surface area (Å²) in [7, 11) is 5.32. The lowest BCUT2D eigenvalue weighted by Crippen LogP contribution is -2.22. The molecule has 2 aromatic heterocycles. The third-order valence-electron chi connectivity index (χ3n) is 5.05. The van der Waals surface area contributed by atoms with Gasteiger partial charge >= 0.3 is 6.09 Å². The Kier molecular flexibility index (Phi) is 6.15. The van der Waals surface area contributed by atoms with Crippen molar-refractivity contribution in [1.29, 1.82) is 0 Å². The summed E-state index contributed by atoms with van der Waals surface area (Å²) in [5.41, 5.74) is 2.94. The van der Waals surface area contributed by atoms with Crippen LogP contribution < -0.4 is 15.4 Å². The third kappa shape index (κ3) is 4.46. The number of nitrogens with one attached hydrogen (secondary N) is 2. The van der Waals surface area contributed by atoms with Gasteiger partial charge in [0.15, 0.2) is 5.82 Å². The first-order chi connectivity index (χ1) is 15.4. The highest BCUT2D eigenvalue weighted by Crippen LogP contribution is 2.36. The number of ether oxygens (including phenoxy) is 2. The van der Waals surface area contributed by atoms with Crippen molar-refractivity contribution in [3.63, 3.8) is 0 Å². The summed E-state index contributed by atoms with van der Waals surface area (Å²) in [4.78, 5) is 30.1. The fraction of sp³-hybridized carbons (Fsp3) is 0.333. The number of pyridine rings is 1. The van der Waals surface area contributed by atoms with Gasteiger partial charge in [-0.15, -0.1) is 5.10 Å². The van der Waals surface area contributed by atoms with Crippen LogP contribution >= 0.6 is 11.6 Å². The summed E-state index contributed by atoms with van der Waals surface area (Å²) in [6.07, 6.45) is 1.93. The maximum absolute atomic E-state index is 12.3. The Hall–Kier alpha value is -3.37. The van der Waals surface area contributed by atoms with Crippen LogP contribution in [0.5, 0.6) is 5.75 Å². The second-order valence-electron chi connectivity index (χ2n) is 7.58. The number of hydrogen-bond acceptors (Lipinski definition) is 7. The Morgan fingerprint density at radius 2 is 2.12 bits per heavy atom. The topological polar surface area (TPSA) is 111 Å². The molecule has 0 saturated carbocycles. The Balaban J connectivity index is 1.74. The molecule has 0 spiro atoms. The maximum atomic E-state index is 12.3. The van der Waals surface area contributed by atoms with Crippen molar-refractivity contribution in [2.24, 2.45) is 0 Å². The number of aromatic nitrogens is 3. The van der Waals surface area contributed by atoms with Crippen LogP contribution in [0.4, 0.5) is 16.3 Å². The summed E-state index contributed by atoms with van der Waals surface area (Å²) in [5, 5.41) is 11.0. The van der Waals surface area contributed by atoms with E-state index in [9.17, 15) is 9.59 Å². The van der Waals surface area contributed by atoms with Gasteiger partial charge in [-0.2, -0.15) is 0 Å². The maximum Gasteiger partial charge on any atom is 0.412 e. The molecule has 0 saturated heterocycles. The lowest BCUT2D eigenvalue weighted by molar-refractivity contribution is -0.116. The number of halogens is 1. The van der Waals surface area contributed by atoms with Crippen molar-refractivity contribution < 1.29 is 19.1 Å². The molecule has 0 atom stereocenters. The van der Waals surface area contributed by atoms with Crippen LogP contribution in [0.2, 0.25) is 5.15 Å². The molecule has 0 unspecified atom stereocenters. The molecule has 3 aromatic rings. The second kappa shape index (κ2) is 9.01. The highest BCUT2D eigenvalue weighted by Gasteiger charge is 2.22. The van der Waals surface area contributed by atoms with Crippen molar-refractivity contribution >= 4 is 46.0 Å². The van der Waals surface area contributed by atoms with Crippen LogP contribution in [0.25, 0.3) is 16.6 Å². The quantitative estimate of drug-likeness (QED) is 0.546. The van der Waals surface area contributed by atoms with Gasteiger partial charge < -0.3 is 19.7 Å². The fourth-order valence-corrected chi connectivity index (χ4v) is 3.59. The summed E-state index contributed by atoms with van der Waals surface area (Å²) >= 11 is 6.15. The number of anilines is 2. The first-order valence-corrected chi connectivity index (χ1v) is 10.4. The molecule has 10 nitrogen and oxygen atoms in total. The number of rotatable bonds is 6. The smallest absolute Gasteiger partial charge is 0.412 e. The first-order valence-electron chi connectivity index (χ1n) is 9.99. The van der Waals surface area contributed by atoms with Crippen LogP contribution in [-0.4, -0.2) is 66.0 Å². The van der Waals surface area contributed by atoms with E-state index in [1.54, 1.807) is 23.0 Å². The molecule has 4 rings (SSSR count). The van der Waals surface area contributed by atoms with Gasteiger partial charge in [0.2, 0.25) is 5.91 Å². The van der Waals surface area contributed by atoms with Gasteiger partial charge in [-0.3, -0.25) is 10.1 Å². The number of methoxy groups -OCH3 is 1. The fourth-order valence-electron chi connectivity index (χ4n) is 3.44. The third-order valence-corrected chi connectivity index (χ3v) is 5.26. The van der Waals surface area contributed by atoms with Crippen LogP contribution in [0.15, 0.2) is 24.4 Å². The van der Waals surface area contributed by atoms with Gasteiger partial charge in [0, 0.05) is 37.0 Å². The van der Waals surface area contributed by atoms with E-state index < -0.39 is 6.09 Å². The first kappa shape index (κ1) is 21.8. The molecule has 11 heteroatoms. The normalized spacial score (nSPS) is 13.1. The second-order valence-corrected chi connectivity index (χ2v) is 7.97. The zero-order valence-corrected chi connectivity index (χ0v) is 18.7. The minimum absolute atomic E-state index is 0.0334. The lowest BCUT2D eigenvalue weighted by atomic mass is 10.0. The number of carbonyl (C=O) groups excluding carboxylic acids is 2. The molecule has 168 valence electrons. The molecular formula is C21H23ClN6O4. The molecule has 1 aliphatic rings. The monoisotopic (exact) mass is 458 g/mol. The Bertz CT molecular complexity index is 1190. The highest BCUT2D eigenvalue weighted by atomic mass is 35.5. The molecule has 0 aliphatic carbocycles. The number of likely N-dealkylation sites (N-methyl/N-ethyl adjacent to an activating group) is 1. The standard InChI is InChI=1S/C21H23ClN6O4/c1-27(2)6-7-32-21(30)25-20-13-11-23-18(22)10-15(13)28(26-20)16-8-12-4-5-19(29)24-14(12)9-17(16)31-3/h8-11H,4-7H2,1-3H3,(H,24,29)(H,25,26,30). The van der Waals surface area contributed by atoms with Gasteiger partial charge in [0.05, 0.1) is 18.0 Å². The van der Waals surface area contributed by atoms with E-state index in [4.69, 9.17) is 21.1 Å². The van der Waals surface area contributed by atoms with Crippen molar-refractivity contribution in [2.75, 3.05) is 45.0 Å². The van der Waals surface area contributed by atoms with Crippen LogP contribution in [0.3, 0.4) is 0 Å². The van der Waals surface area contributed by atoms with Crippen molar-refractivity contribution in [1.82, 2.24) is 19.7 Å². The zero-order valence-electron chi connectivity index (χ0n) is 17.9. The number of nitrogens with zero attached hydrogens (tertiary/aromatic N) is 4. The molecule has 3 heterocycles. The largest absolute Gasteiger partial charge is 0.494 e. The van der Waals surface area contributed by atoms with Crippen LogP contribution in [0, 0.1) is 0 Å². The molecule has 0 bridgehead atoms. The molecule has 1 aromatic carbocycles. The van der Waals surface area contributed by atoms with Gasteiger partial charge in [-0.05, 0) is 32.1 Å². The summed E-state index contributed by atoms with van der Waals surface area (Å²) in [6, 6.07) is 5.33. The average Bonchev–Trinajstić information content (AvgIpc) is 3.09. The Morgan fingerprint density at radius 1 is 1.31 bits per heavy atom. The van der Waals surface area contributed by atoms with Crippen molar-refractivity contribution in [3.8, 4) is 11.4 Å². The minimum atomic E-state index is -0.617. The zero-order chi connectivity index (χ0) is 22.8. The summed E-state index contributed by atoms with van der Waals surface area (Å²) in [5.74, 6) is 0.754. The number of carbonyl (C=O) groups is 2. The van der Waals surface area contributed by atoms with E-state index >= 15 is 0 Å². The van der Waals surface area contributed by atoms with Gasteiger partial charge in [0.1, 0.15) is 23.2 Å². The molecule has 0 radical (unpaired) electrons. The molecule has 1 aliphatic heterocycles. The van der Waals surface area contributed by atoms with E-state index in [-0.39, 0.29) is 23.5 Å². The van der Waals surface area contributed by atoms with E-state index in [1.165, 1.54) is 7.11 Å². The Morgan fingerprint density at radius 3 is 2.88 bits per heavy atom. The van der Waals surface area contributed by atoms with E-state index in [0.717, 1.165) is 5.56 Å².